The van der Waals surface area contributed by atoms with Crippen molar-refractivity contribution in [3.63, 3.8) is 0 Å². The molecule has 24 heavy (non-hydrogen) atoms. The molecular formula is C17H26N2O4S. The van der Waals surface area contributed by atoms with Crippen molar-refractivity contribution in [2.24, 2.45) is 5.92 Å². The van der Waals surface area contributed by atoms with E-state index in [1.54, 1.807) is 22.8 Å². The lowest BCUT2D eigenvalue weighted by atomic mass is 10.0. The third-order valence-electron chi connectivity index (χ3n) is 5.08. The number of benzene rings is 1. The van der Waals surface area contributed by atoms with Gasteiger partial charge in [0.05, 0.1) is 14.2 Å². The number of nitrogens with zero attached hydrogens (tertiary/aromatic N) is 2. The Labute approximate surface area is 144 Å². The highest BCUT2D eigenvalue weighted by molar-refractivity contribution is 7.86. The van der Waals surface area contributed by atoms with Gasteiger partial charge in [-0.05, 0) is 48.4 Å². The molecule has 7 heteroatoms. The second-order valence-corrected chi connectivity index (χ2v) is 8.58. The molecule has 0 atom stereocenters. The van der Waals surface area contributed by atoms with Crippen LogP contribution in [0.4, 0.5) is 0 Å². The number of ether oxygens (including phenoxy) is 2. The van der Waals surface area contributed by atoms with Crippen molar-refractivity contribution in [3.05, 3.63) is 23.3 Å². The van der Waals surface area contributed by atoms with Crippen LogP contribution in [-0.4, -0.2) is 50.9 Å². The van der Waals surface area contributed by atoms with Crippen molar-refractivity contribution in [1.29, 1.82) is 0 Å². The molecule has 0 aliphatic carbocycles. The van der Waals surface area contributed by atoms with E-state index in [2.05, 4.69) is 6.92 Å². The maximum absolute atomic E-state index is 12.9. The van der Waals surface area contributed by atoms with Crippen molar-refractivity contribution in [2.45, 2.75) is 32.7 Å². The van der Waals surface area contributed by atoms with E-state index in [9.17, 15) is 8.42 Å². The quantitative estimate of drug-likeness (QED) is 0.830. The van der Waals surface area contributed by atoms with Crippen LogP contribution < -0.4 is 9.47 Å². The molecule has 2 aliphatic rings. The molecule has 0 aromatic heterocycles. The molecule has 0 bridgehead atoms. The molecule has 1 aromatic rings. The highest BCUT2D eigenvalue weighted by Crippen LogP contribution is 2.34. The van der Waals surface area contributed by atoms with E-state index in [1.165, 1.54) is 0 Å². The number of rotatable bonds is 4. The first-order valence-corrected chi connectivity index (χ1v) is 9.84. The van der Waals surface area contributed by atoms with Crippen LogP contribution in [0.2, 0.25) is 0 Å². The predicted molar refractivity (Wildman–Crippen MR) is 92.6 cm³/mol. The summed E-state index contributed by atoms with van der Waals surface area (Å²) in [4.78, 5) is 0. The molecular weight excluding hydrogens is 328 g/mol. The fourth-order valence-corrected chi connectivity index (χ4v) is 5.06. The van der Waals surface area contributed by atoms with E-state index < -0.39 is 10.2 Å². The lowest BCUT2D eigenvalue weighted by molar-refractivity contribution is 0.259. The Morgan fingerprint density at radius 1 is 0.958 bits per heavy atom. The molecule has 0 unspecified atom stereocenters. The third kappa shape index (κ3) is 3.25. The maximum Gasteiger partial charge on any atom is 0.282 e. The first kappa shape index (κ1) is 17.5. The highest BCUT2D eigenvalue weighted by atomic mass is 32.2. The zero-order chi connectivity index (χ0) is 17.3. The summed E-state index contributed by atoms with van der Waals surface area (Å²) in [5, 5.41) is 0. The number of hydrogen-bond acceptors (Lipinski definition) is 4. The summed E-state index contributed by atoms with van der Waals surface area (Å²) in [6, 6.07) is 3.86. The number of hydrogen-bond donors (Lipinski definition) is 0. The van der Waals surface area contributed by atoms with Crippen LogP contribution in [0.5, 0.6) is 11.5 Å². The fraction of sp³-hybridized carbons (Fsp3) is 0.647. The van der Waals surface area contributed by atoms with Crippen molar-refractivity contribution in [2.75, 3.05) is 33.9 Å². The van der Waals surface area contributed by atoms with Crippen molar-refractivity contribution >= 4 is 10.2 Å². The van der Waals surface area contributed by atoms with Crippen LogP contribution in [0.1, 0.15) is 30.9 Å². The van der Waals surface area contributed by atoms with Gasteiger partial charge in [0.2, 0.25) is 0 Å². The average molecular weight is 354 g/mol. The van der Waals surface area contributed by atoms with E-state index in [1.807, 2.05) is 12.1 Å². The number of methoxy groups -OCH3 is 2. The highest BCUT2D eigenvalue weighted by Gasteiger charge is 2.34. The first-order valence-electron chi connectivity index (χ1n) is 8.44. The van der Waals surface area contributed by atoms with Gasteiger partial charge in [-0.25, -0.2) is 0 Å². The third-order valence-corrected chi connectivity index (χ3v) is 7.06. The summed E-state index contributed by atoms with van der Waals surface area (Å²) in [6.45, 7) is 4.33. The molecule has 0 spiro atoms. The van der Waals surface area contributed by atoms with Crippen molar-refractivity contribution in [1.82, 2.24) is 8.61 Å². The zero-order valence-corrected chi connectivity index (χ0v) is 15.4. The summed E-state index contributed by atoms with van der Waals surface area (Å²) in [5.41, 5.74) is 2.12. The largest absolute Gasteiger partial charge is 0.493 e. The topological polar surface area (TPSA) is 59.1 Å². The molecule has 2 heterocycles. The lowest BCUT2D eigenvalue weighted by Crippen LogP contribution is -2.48. The van der Waals surface area contributed by atoms with Crippen LogP contribution in [0.25, 0.3) is 0 Å². The molecule has 2 aliphatic heterocycles. The van der Waals surface area contributed by atoms with Crippen molar-refractivity contribution < 1.29 is 17.9 Å². The zero-order valence-electron chi connectivity index (χ0n) is 14.6. The van der Waals surface area contributed by atoms with Gasteiger partial charge < -0.3 is 9.47 Å². The Hall–Kier alpha value is -1.31. The molecule has 0 saturated carbocycles. The minimum absolute atomic E-state index is 0.393. The summed E-state index contributed by atoms with van der Waals surface area (Å²) in [6.07, 6.45) is 2.57. The van der Waals surface area contributed by atoms with Gasteiger partial charge in [-0.15, -0.1) is 0 Å². The molecule has 1 aromatic carbocycles. The monoisotopic (exact) mass is 354 g/mol. The Morgan fingerprint density at radius 2 is 1.54 bits per heavy atom. The van der Waals surface area contributed by atoms with Gasteiger partial charge in [0.25, 0.3) is 10.2 Å². The molecule has 3 rings (SSSR count). The van der Waals surface area contributed by atoms with E-state index in [-0.39, 0.29) is 0 Å². The predicted octanol–water partition coefficient (Wildman–Crippen LogP) is 2.04. The van der Waals surface area contributed by atoms with Gasteiger partial charge in [0, 0.05) is 26.2 Å². The van der Waals surface area contributed by atoms with E-state index in [0.717, 1.165) is 24.0 Å². The summed E-state index contributed by atoms with van der Waals surface area (Å²) in [5.74, 6) is 1.94. The van der Waals surface area contributed by atoms with E-state index in [4.69, 9.17) is 9.47 Å². The Kier molecular flexibility index (Phi) is 5.03. The molecule has 6 nitrogen and oxygen atoms in total. The number of piperidine rings is 1. The Bertz CT molecular complexity index is 697. The summed E-state index contributed by atoms with van der Waals surface area (Å²) >= 11 is 0. The van der Waals surface area contributed by atoms with Gasteiger partial charge in [-0.3, -0.25) is 0 Å². The van der Waals surface area contributed by atoms with Crippen molar-refractivity contribution in [3.8, 4) is 11.5 Å². The van der Waals surface area contributed by atoms with E-state index in [0.29, 0.717) is 50.0 Å². The Morgan fingerprint density at radius 3 is 2.12 bits per heavy atom. The molecule has 0 radical (unpaired) electrons. The van der Waals surface area contributed by atoms with Crippen LogP contribution >= 0.6 is 0 Å². The number of fused-ring (bicyclic) bond motifs is 1. The van der Waals surface area contributed by atoms with Gasteiger partial charge >= 0.3 is 0 Å². The summed E-state index contributed by atoms with van der Waals surface area (Å²) in [7, 11) is -0.186. The second-order valence-electron chi connectivity index (χ2n) is 6.65. The lowest BCUT2D eigenvalue weighted by Gasteiger charge is -2.36. The average Bonchev–Trinajstić information content (AvgIpc) is 2.60. The molecule has 0 amide bonds. The smallest absolute Gasteiger partial charge is 0.282 e. The molecule has 0 N–H and O–H groups in total. The molecule has 1 saturated heterocycles. The van der Waals surface area contributed by atoms with E-state index >= 15 is 0 Å². The Balaban J connectivity index is 1.81. The SMILES string of the molecule is COc1cc2c(cc1OC)CN(S(=O)(=O)N1CCC(C)CC1)CC2. The minimum Gasteiger partial charge on any atom is -0.493 e. The first-order chi connectivity index (χ1) is 11.5. The molecule has 1 fully saturated rings. The van der Waals surface area contributed by atoms with Crippen LogP contribution in [0.3, 0.4) is 0 Å². The van der Waals surface area contributed by atoms with Crippen LogP contribution in [-0.2, 0) is 23.2 Å². The minimum atomic E-state index is -3.39. The van der Waals surface area contributed by atoms with Crippen LogP contribution in [0, 0.1) is 5.92 Å². The van der Waals surface area contributed by atoms with Gasteiger partial charge in [0.1, 0.15) is 0 Å². The van der Waals surface area contributed by atoms with Gasteiger partial charge in [0.15, 0.2) is 11.5 Å². The maximum atomic E-state index is 12.9. The standard InChI is InChI=1S/C17H26N2O4S/c1-13-4-7-18(8-5-13)24(20,21)19-9-6-14-10-16(22-2)17(23-3)11-15(14)12-19/h10-11,13H,4-9,12H2,1-3H3. The van der Waals surface area contributed by atoms with Gasteiger partial charge in [-0.2, -0.15) is 17.0 Å². The molecule has 134 valence electrons. The normalized spacial score (nSPS) is 20.6. The van der Waals surface area contributed by atoms with Crippen LogP contribution in [0.15, 0.2) is 12.1 Å². The van der Waals surface area contributed by atoms with Gasteiger partial charge in [-0.1, -0.05) is 6.92 Å². The second kappa shape index (κ2) is 6.90. The fourth-order valence-electron chi connectivity index (χ4n) is 3.43. The summed E-state index contributed by atoms with van der Waals surface area (Å²) < 4.78 is 39.8.